The fourth-order valence-electron chi connectivity index (χ4n) is 1.25. The Labute approximate surface area is 95.2 Å². The van der Waals surface area contributed by atoms with Gasteiger partial charge in [-0.05, 0) is 13.3 Å². The molecular formula is C10H19N5O. The van der Waals surface area contributed by atoms with E-state index in [2.05, 4.69) is 22.6 Å². The quantitative estimate of drug-likeness (QED) is 0.678. The number of hydrogen-bond acceptors (Lipinski definition) is 4. The van der Waals surface area contributed by atoms with Crippen molar-refractivity contribution >= 4 is 5.91 Å². The third-order valence-electron chi connectivity index (χ3n) is 2.37. The molecule has 0 aliphatic heterocycles. The predicted molar refractivity (Wildman–Crippen MR) is 60.5 cm³/mol. The van der Waals surface area contributed by atoms with Crippen LogP contribution in [0.1, 0.15) is 38.4 Å². The number of hydrogen-bond donors (Lipinski definition) is 2. The van der Waals surface area contributed by atoms with E-state index in [0.717, 1.165) is 12.8 Å². The lowest BCUT2D eigenvalue weighted by Gasteiger charge is -2.11. The lowest BCUT2D eigenvalue weighted by atomic mass is 10.3. The van der Waals surface area contributed by atoms with E-state index in [1.165, 1.54) is 4.68 Å². The highest BCUT2D eigenvalue weighted by Crippen LogP contribution is 2.04. The molecule has 16 heavy (non-hydrogen) atoms. The van der Waals surface area contributed by atoms with Crippen LogP contribution in [0.25, 0.3) is 0 Å². The van der Waals surface area contributed by atoms with Crippen LogP contribution in [0.3, 0.4) is 0 Å². The minimum Gasteiger partial charge on any atom is -0.354 e. The van der Waals surface area contributed by atoms with Gasteiger partial charge in [0.25, 0.3) is 0 Å². The first-order valence-corrected chi connectivity index (χ1v) is 5.57. The first-order valence-electron chi connectivity index (χ1n) is 5.57. The maximum atomic E-state index is 11.7. The standard InChI is InChI=1S/C10H19N5O/c1-3-4-5-12-10(16)8(2)15-7-9(6-11)13-14-15/h7-8H,3-6,11H2,1-2H3,(H,12,16). The van der Waals surface area contributed by atoms with Crippen LogP contribution >= 0.6 is 0 Å². The van der Waals surface area contributed by atoms with Crippen LogP contribution in [-0.4, -0.2) is 27.4 Å². The number of aromatic nitrogens is 3. The molecule has 0 aliphatic rings. The van der Waals surface area contributed by atoms with Gasteiger partial charge in [0.15, 0.2) is 0 Å². The van der Waals surface area contributed by atoms with Gasteiger partial charge in [-0.3, -0.25) is 4.79 Å². The molecule has 1 rings (SSSR count). The summed E-state index contributed by atoms with van der Waals surface area (Å²) in [6, 6.07) is -0.343. The second kappa shape index (κ2) is 6.22. The van der Waals surface area contributed by atoms with Crippen molar-refractivity contribution in [2.24, 2.45) is 5.73 Å². The number of amides is 1. The van der Waals surface area contributed by atoms with Gasteiger partial charge in [-0.1, -0.05) is 18.6 Å². The molecule has 6 heteroatoms. The number of rotatable bonds is 6. The number of nitrogens with two attached hydrogens (primary N) is 1. The fourth-order valence-corrected chi connectivity index (χ4v) is 1.25. The number of unbranched alkanes of at least 4 members (excludes halogenated alkanes) is 1. The van der Waals surface area contributed by atoms with Gasteiger partial charge in [-0.25, -0.2) is 4.68 Å². The molecule has 0 saturated heterocycles. The predicted octanol–water partition coefficient (Wildman–Crippen LogP) is 0.214. The van der Waals surface area contributed by atoms with Gasteiger partial charge >= 0.3 is 0 Å². The van der Waals surface area contributed by atoms with Gasteiger partial charge < -0.3 is 11.1 Å². The van der Waals surface area contributed by atoms with Crippen LogP contribution in [-0.2, 0) is 11.3 Å². The molecule has 1 aromatic rings. The van der Waals surface area contributed by atoms with Crippen molar-refractivity contribution < 1.29 is 4.79 Å². The maximum Gasteiger partial charge on any atom is 0.244 e. The highest BCUT2D eigenvalue weighted by Gasteiger charge is 2.15. The Morgan fingerprint density at radius 1 is 1.69 bits per heavy atom. The second-order valence-corrected chi connectivity index (χ2v) is 3.71. The maximum absolute atomic E-state index is 11.7. The van der Waals surface area contributed by atoms with Gasteiger partial charge in [0, 0.05) is 13.1 Å². The summed E-state index contributed by atoms with van der Waals surface area (Å²) in [6.07, 6.45) is 3.75. The lowest BCUT2D eigenvalue weighted by Crippen LogP contribution is -2.31. The SMILES string of the molecule is CCCCNC(=O)C(C)n1cc(CN)nn1. The molecule has 0 fully saturated rings. The van der Waals surface area contributed by atoms with E-state index in [4.69, 9.17) is 5.73 Å². The van der Waals surface area contributed by atoms with E-state index in [1.54, 1.807) is 13.1 Å². The van der Waals surface area contributed by atoms with E-state index >= 15 is 0 Å². The molecule has 0 saturated carbocycles. The van der Waals surface area contributed by atoms with Crippen LogP contribution in [0.15, 0.2) is 6.20 Å². The largest absolute Gasteiger partial charge is 0.354 e. The van der Waals surface area contributed by atoms with Crippen molar-refractivity contribution in [3.63, 3.8) is 0 Å². The van der Waals surface area contributed by atoms with Gasteiger partial charge in [0.1, 0.15) is 6.04 Å². The van der Waals surface area contributed by atoms with Crippen LogP contribution in [0.5, 0.6) is 0 Å². The number of nitrogens with zero attached hydrogens (tertiary/aromatic N) is 3. The van der Waals surface area contributed by atoms with Crippen molar-refractivity contribution in [2.45, 2.75) is 39.3 Å². The normalized spacial score (nSPS) is 12.4. The van der Waals surface area contributed by atoms with E-state index in [9.17, 15) is 4.79 Å². The highest BCUT2D eigenvalue weighted by atomic mass is 16.2. The Balaban J connectivity index is 2.49. The summed E-state index contributed by atoms with van der Waals surface area (Å²) in [6.45, 7) is 4.92. The fraction of sp³-hybridized carbons (Fsp3) is 0.700. The summed E-state index contributed by atoms with van der Waals surface area (Å²) >= 11 is 0. The number of nitrogens with one attached hydrogen (secondary N) is 1. The summed E-state index contributed by atoms with van der Waals surface area (Å²) in [7, 11) is 0. The van der Waals surface area contributed by atoms with Crippen LogP contribution in [0.4, 0.5) is 0 Å². The minimum absolute atomic E-state index is 0.0399. The summed E-state index contributed by atoms with van der Waals surface area (Å²) in [5.74, 6) is -0.0399. The zero-order chi connectivity index (χ0) is 12.0. The average Bonchev–Trinajstić information content (AvgIpc) is 2.76. The Morgan fingerprint density at radius 3 is 3.00 bits per heavy atom. The molecule has 0 aliphatic carbocycles. The average molecular weight is 225 g/mol. The zero-order valence-electron chi connectivity index (χ0n) is 9.81. The van der Waals surface area contributed by atoms with Crippen molar-refractivity contribution in [3.8, 4) is 0 Å². The van der Waals surface area contributed by atoms with Gasteiger partial charge in [-0.15, -0.1) is 5.10 Å². The highest BCUT2D eigenvalue weighted by molar-refractivity contribution is 5.79. The molecule has 1 atom stereocenters. The van der Waals surface area contributed by atoms with E-state index in [1.807, 2.05) is 0 Å². The van der Waals surface area contributed by atoms with Crippen molar-refractivity contribution in [1.29, 1.82) is 0 Å². The second-order valence-electron chi connectivity index (χ2n) is 3.71. The molecular weight excluding hydrogens is 206 g/mol. The molecule has 1 heterocycles. The summed E-state index contributed by atoms with van der Waals surface area (Å²) in [5, 5.41) is 10.6. The Morgan fingerprint density at radius 2 is 2.44 bits per heavy atom. The summed E-state index contributed by atoms with van der Waals surface area (Å²) < 4.78 is 1.53. The van der Waals surface area contributed by atoms with Crippen LogP contribution in [0.2, 0.25) is 0 Å². The van der Waals surface area contributed by atoms with E-state index in [-0.39, 0.29) is 11.9 Å². The molecule has 3 N–H and O–H groups in total. The van der Waals surface area contributed by atoms with Gasteiger partial charge in [0.05, 0.1) is 11.9 Å². The van der Waals surface area contributed by atoms with Crippen molar-refractivity contribution in [3.05, 3.63) is 11.9 Å². The molecule has 0 aromatic carbocycles. The lowest BCUT2D eigenvalue weighted by molar-refractivity contribution is -0.124. The van der Waals surface area contributed by atoms with E-state index in [0.29, 0.717) is 18.8 Å². The molecule has 0 bridgehead atoms. The molecule has 6 nitrogen and oxygen atoms in total. The molecule has 1 unspecified atom stereocenters. The van der Waals surface area contributed by atoms with Crippen LogP contribution in [0, 0.1) is 0 Å². The summed E-state index contributed by atoms with van der Waals surface area (Å²) in [4.78, 5) is 11.7. The monoisotopic (exact) mass is 225 g/mol. The number of carbonyl (C=O) groups excluding carboxylic acids is 1. The Hall–Kier alpha value is -1.43. The third-order valence-corrected chi connectivity index (χ3v) is 2.37. The molecule has 90 valence electrons. The van der Waals surface area contributed by atoms with Crippen molar-refractivity contribution in [2.75, 3.05) is 6.54 Å². The number of carbonyl (C=O) groups is 1. The molecule has 1 aromatic heterocycles. The molecule has 0 spiro atoms. The zero-order valence-corrected chi connectivity index (χ0v) is 9.81. The van der Waals surface area contributed by atoms with E-state index < -0.39 is 0 Å². The smallest absolute Gasteiger partial charge is 0.244 e. The summed E-state index contributed by atoms with van der Waals surface area (Å²) in [5.41, 5.74) is 6.11. The van der Waals surface area contributed by atoms with Crippen LogP contribution < -0.4 is 11.1 Å². The minimum atomic E-state index is -0.343. The Bertz CT molecular complexity index is 336. The Kier molecular flexibility index (Phi) is 4.91. The molecule has 1 amide bonds. The topological polar surface area (TPSA) is 85.8 Å². The first-order chi connectivity index (χ1) is 7.69. The third kappa shape index (κ3) is 3.30. The molecule has 0 radical (unpaired) electrons. The van der Waals surface area contributed by atoms with Gasteiger partial charge in [-0.2, -0.15) is 0 Å². The van der Waals surface area contributed by atoms with Crippen molar-refractivity contribution in [1.82, 2.24) is 20.3 Å². The van der Waals surface area contributed by atoms with Gasteiger partial charge in [0.2, 0.25) is 5.91 Å². The first kappa shape index (κ1) is 12.6.